The van der Waals surface area contributed by atoms with Crippen LogP contribution < -0.4 is 9.47 Å². The quantitative estimate of drug-likeness (QED) is 0.477. The maximum absolute atomic E-state index is 13.3. The predicted octanol–water partition coefficient (Wildman–Crippen LogP) is 2.72. The summed E-state index contributed by atoms with van der Waals surface area (Å²) >= 11 is 0. The van der Waals surface area contributed by atoms with Crippen molar-refractivity contribution in [2.45, 2.75) is 6.61 Å². The Kier molecular flexibility index (Phi) is 4.09. The molecule has 7 heteroatoms. The van der Waals surface area contributed by atoms with E-state index in [0.29, 0.717) is 11.3 Å². The zero-order valence-electron chi connectivity index (χ0n) is 10.6. The number of benzene rings is 1. The molecule has 104 valence electrons. The van der Waals surface area contributed by atoms with Crippen LogP contribution in [0.25, 0.3) is 0 Å². The third kappa shape index (κ3) is 3.00. The van der Waals surface area contributed by atoms with Crippen molar-refractivity contribution in [2.24, 2.45) is 0 Å². The molecule has 0 bridgehead atoms. The van der Waals surface area contributed by atoms with Crippen LogP contribution in [0.15, 0.2) is 36.5 Å². The zero-order valence-corrected chi connectivity index (χ0v) is 10.6. The maximum atomic E-state index is 13.3. The van der Waals surface area contributed by atoms with Gasteiger partial charge in [0.15, 0.2) is 5.75 Å². The Morgan fingerprint density at radius 2 is 2.15 bits per heavy atom. The molecule has 0 saturated heterocycles. The number of nitro benzene ring substituents is 1. The third-order valence-electron chi connectivity index (χ3n) is 2.58. The van der Waals surface area contributed by atoms with Gasteiger partial charge in [0.1, 0.15) is 12.4 Å². The van der Waals surface area contributed by atoms with E-state index in [2.05, 4.69) is 4.98 Å². The molecule has 20 heavy (non-hydrogen) atoms. The lowest BCUT2D eigenvalue weighted by atomic mass is 10.2. The highest BCUT2D eigenvalue weighted by Crippen LogP contribution is 2.25. The number of rotatable bonds is 5. The summed E-state index contributed by atoms with van der Waals surface area (Å²) in [6, 6.07) is 7.08. The minimum Gasteiger partial charge on any atom is -0.496 e. The first-order valence-electron chi connectivity index (χ1n) is 5.66. The van der Waals surface area contributed by atoms with Crippen molar-refractivity contribution < 1.29 is 18.8 Å². The summed E-state index contributed by atoms with van der Waals surface area (Å²) in [5.74, 6) is -0.335. The molecule has 0 fully saturated rings. The molecular weight excluding hydrogens is 267 g/mol. The van der Waals surface area contributed by atoms with Crippen molar-refractivity contribution in [1.82, 2.24) is 4.98 Å². The first-order valence-corrected chi connectivity index (χ1v) is 5.66. The number of nitrogens with zero attached hydrogens (tertiary/aromatic N) is 2. The zero-order chi connectivity index (χ0) is 14.5. The Morgan fingerprint density at radius 3 is 2.80 bits per heavy atom. The van der Waals surface area contributed by atoms with E-state index < -0.39 is 10.9 Å². The summed E-state index contributed by atoms with van der Waals surface area (Å²) in [6.07, 6.45) is 1.30. The fraction of sp³-hybridized carbons (Fsp3) is 0.154. The average Bonchev–Trinajstić information content (AvgIpc) is 2.46. The van der Waals surface area contributed by atoms with Crippen LogP contribution in [-0.2, 0) is 6.61 Å². The molecule has 0 aliphatic heterocycles. The van der Waals surface area contributed by atoms with Crippen LogP contribution in [-0.4, -0.2) is 17.0 Å². The molecule has 6 nitrogen and oxygen atoms in total. The molecule has 0 aliphatic carbocycles. The molecule has 0 spiro atoms. The molecule has 0 aliphatic rings. The number of aromatic nitrogens is 1. The monoisotopic (exact) mass is 278 g/mol. The normalized spacial score (nSPS) is 10.1. The number of hydrogen-bond acceptors (Lipinski definition) is 5. The molecule has 0 atom stereocenters. The SMILES string of the molecule is COc1ccc([N+](=O)[O-])cc1COc1cccnc1F. The van der Waals surface area contributed by atoms with Crippen LogP contribution in [0.4, 0.5) is 10.1 Å². The number of pyridine rings is 1. The second-order valence-electron chi connectivity index (χ2n) is 3.83. The smallest absolute Gasteiger partial charge is 0.270 e. The van der Waals surface area contributed by atoms with Crippen molar-refractivity contribution in [2.75, 3.05) is 7.11 Å². The third-order valence-corrected chi connectivity index (χ3v) is 2.58. The van der Waals surface area contributed by atoms with Crippen molar-refractivity contribution in [3.05, 3.63) is 58.2 Å². The number of ether oxygens (including phenoxy) is 2. The second-order valence-corrected chi connectivity index (χ2v) is 3.83. The van der Waals surface area contributed by atoms with Crippen LogP contribution >= 0.6 is 0 Å². The molecular formula is C13H11FN2O4. The lowest BCUT2D eigenvalue weighted by molar-refractivity contribution is -0.385. The van der Waals surface area contributed by atoms with E-state index in [-0.39, 0.29) is 18.0 Å². The first-order chi connectivity index (χ1) is 9.61. The predicted molar refractivity (Wildman–Crippen MR) is 68.2 cm³/mol. The molecule has 0 amide bonds. The van der Waals surface area contributed by atoms with Crippen LogP contribution in [0.5, 0.6) is 11.5 Å². The Labute approximate surface area is 113 Å². The summed E-state index contributed by atoms with van der Waals surface area (Å²) in [5.41, 5.74) is 0.362. The van der Waals surface area contributed by atoms with Gasteiger partial charge in [-0.15, -0.1) is 0 Å². The lowest BCUT2D eigenvalue weighted by Gasteiger charge is -2.10. The van der Waals surface area contributed by atoms with Gasteiger partial charge in [0.2, 0.25) is 0 Å². The Morgan fingerprint density at radius 1 is 1.35 bits per heavy atom. The highest BCUT2D eigenvalue weighted by molar-refractivity contribution is 5.43. The van der Waals surface area contributed by atoms with Crippen LogP contribution in [0.3, 0.4) is 0 Å². The van der Waals surface area contributed by atoms with Gasteiger partial charge < -0.3 is 9.47 Å². The molecule has 2 aromatic rings. The van der Waals surface area contributed by atoms with Gasteiger partial charge >= 0.3 is 0 Å². The maximum Gasteiger partial charge on any atom is 0.270 e. The molecule has 0 N–H and O–H groups in total. The van der Waals surface area contributed by atoms with Crippen LogP contribution in [0.2, 0.25) is 0 Å². The topological polar surface area (TPSA) is 74.5 Å². The molecule has 1 aromatic carbocycles. The molecule has 1 aromatic heterocycles. The molecule has 2 rings (SSSR count). The van der Waals surface area contributed by atoms with Gasteiger partial charge in [0, 0.05) is 23.9 Å². The number of halogens is 1. The fourth-order valence-electron chi connectivity index (χ4n) is 1.63. The van der Waals surface area contributed by atoms with Gasteiger partial charge in [-0.05, 0) is 18.2 Å². The van der Waals surface area contributed by atoms with E-state index in [4.69, 9.17) is 9.47 Å². The van der Waals surface area contributed by atoms with Gasteiger partial charge in [0.25, 0.3) is 11.6 Å². The van der Waals surface area contributed by atoms with E-state index >= 15 is 0 Å². The van der Waals surface area contributed by atoms with Gasteiger partial charge in [0.05, 0.1) is 12.0 Å². The first kappa shape index (κ1) is 13.7. The summed E-state index contributed by atoms with van der Waals surface area (Å²) in [6.45, 7) is -0.0620. The fourth-order valence-corrected chi connectivity index (χ4v) is 1.63. The Balaban J connectivity index is 2.22. The number of hydrogen-bond donors (Lipinski definition) is 0. The molecule has 0 unspecified atom stereocenters. The van der Waals surface area contributed by atoms with Crippen LogP contribution in [0.1, 0.15) is 5.56 Å². The lowest BCUT2D eigenvalue weighted by Crippen LogP contribution is -2.02. The van der Waals surface area contributed by atoms with Gasteiger partial charge in [-0.3, -0.25) is 10.1 Å². The Bertz CT molecular complexity index is 634. The average molecular weight is 278 g/mol. The number of nitro groups is 1. The van der Waals surface area contributed by atoms with Gasteiger partial charge in [-0.2, -0.15) is 4.39 Å². The number of non-ortho nitro benzene ring substituents is 1. The molecule has 0 radical (unpaired) electrons. The van der Waals surface area contributed by atoms with E-state index in [1.807, 2.05) is 0 Å². The van der Waals surface area contributed by atoms with E-state index in [1.165, 1.54) is 43.6 Å². The molecule has 0 saturated carbocycles. The summed E-state index contributed by atoms with van der Waals surface area (Å²) in [5, 5.41) is 10.7. The molecule has 1 heterocycles. The van der Waals surface area contributed by atoms with Crippen molar-refractivity contribution in [3.8, 4) is 11.5 Å². The van der Waals surface area contributed by atoms with Gasteiger partial charge in [-0.25, -0.2) is 4.98 Å². The van der Waals surface area contributed by atoms with Crippen molar-refractivity contribution >= 4 is 5.69 Å². The van der Waals surface area contributed by atoms with Crippen LogP contribution in [0, 0.1) is 16.1 Å². The highest BCUT2D eigenvalue weighted by Gasteiger charge is 2.13. The minimum absolute atomic E-state index is 0.0268. The highest BCUT2D eigenvalue weighted by atomic mass is 19.1. The van der Waals surface area contributed by atoms with E-state index in [1.54, 1.807) is 0 Å². The number of methoxy groups -OCH3 is 1. The van der Waals surface area contributed by atoms with E-state index in [0.717, 1.165) is 0 Å². The Hall–Kier alpha value is -2.70. The standard InChI is InChI=1S/C13H11FN2O4/c1-19-11-5-4-10(16(17)18)7-9(11)8-20-12-3-2-6-15-13(12)14/h2-7H,8H2,1H3. The van der Waals surface area contributed by atoms with Crippen molar-refractivity contribution in [1.29, 1.82) is 0 Å². The second kappa shape index (κ2) is 5.96. The van der Waals surface area contributed by atoms with Gasteiger partial charge in [-0.1, -0.05) is 0 Å². The summed E-state index contributed by atoms with van der Waals surface area (Å²) in [7, 11) is 1.44. The summed E-state index contributed by atoms with van der Waals surface area (Å²) in [4.78, 5) is 13.7. The minimum atomic E-state index is -0.739. The summed E-state index contributed by atoms with van der Waals surface area (Å²) < 4.78 is 23.7. The van der Waals surface area contributed by atoms with Crippen molar-refractivity contribution in [3.63, 3.8) is 0 Å². The van der Waals surface area contributed by atoms with E-state index in [9.17, 15) is 14.5 Å². The largest absolute Gasteiger partial charge is 0.496 e.